The first kappa shape index (κ1) is 60.1. The molecule has 366 valence electrons. The molecule has 1 spiro atoms. The second-order valence-corrected chi connectivity index (χ2v) is 26.2. The van der Waals surface area contributed by atoms with Crippen molar-refractivity contribution in [2.24, 2.45) is 22.7 Å². The number of aliphatic carboxylic acids is 1. The molecule has 3 atom stereocenters. The van der Waals surface area contributed by atoms with Crippen LogP contribution in [-0.4, -0.2) is 97.8 Å². The molecule has 0 radical (unpaired) electrons. The van der Waals surface area contributed by atoms with Gasteiger partial charge in [0.1, 0.15) is 41.9 Å². The SMILES string of the molecule is CC1(C)C(=C2CC23C(Oc2ccc(CCC(=O)O)cc2)=C2CC(C(C)(C)C)C3C=C2C2=[N+](CCS(=O)(=O)[O-])c3ccc(S(=O)(=O)[O-])cc3C2(C)C)N(CCS(=O)(=O)[O-])c2ccc(S(=O)(=O)[O-])cc21.[Na+].[Na+].[Na+]. The number of allylic oxidation sites excluding steroid dienone is 5. The number of hydrogen-bond acceptors (Lipinski definition) is 15. The molecular formula is C47H51N2Na3O15S4. The smallest absolute Gasteiger partial charge is 0.748 e. The van der Waals surface area contributed by atoms with Crippen LogP contribution in [0.4, 0.5) is 11.4 Å². The maximum absolute atomic E-state index is 12.4. The third-order valence-electron chi connectivity index (χ3n) is 14.4. The Morgan fingerprint density at radius 2 is 1.35 bits per heavy atom. The summed E-state index contributed by atoms with van der Waals surface area (Å²) in [6, 6.07) is 14.6. The van der Waals surface area contributed by atoms with Gasteiger partial charge in [-0.15, -0.1) is 0 Å². The van der Waals surface area contributed by atoms with Crippen LogP contribution in [0.5, 0.6) is 5.75 Å². The standard InChI is InChI=1S/C47H54N2O15S4.3Na/c1-44(2,3)33-25-32-31(41-45(4,5)35-22-29(67(58,59)60)13-15-38(35)48(41)18-20-65(52,53)54)24-34(33)47(43(32)64-28-11-8-27(9-12-28)10-17-40(50)51)26-37(47)42-46(6,7)36-23-30(68(61,62)63)14-16-39(36)49(42)19-21-66(55,56)57;;;/h8-9,11-16,22-24,33-34H,10,17-21,25-26H2,1-7H3,(H4-,50,51,52,53,54,55,56,57,58,59,60,61,62,63);;;/q;3*+1/p-3. The van der Waals surface area contributed by atoms with E-state index in [4.69, 9.17) is 4.74 Å². The van der Waals surface area contributed by atoms with Crippen molar-refractivity contribution in [1.29, 1.82) is 0 Å². The molecule has 2 aliphatic heterocycles. The second-order valence-electron chi connectivity index (χ2n) is 20.4. The molecule has 1 N–H and O–H groups in total. The predicted molar refractivity (Wildman–Crippen MR) is 244 cm³/mol. The fourth-order valence-electron chi connectivity index (χ4n) is 11.2. The Morgan fingerprint density at radius 1 is 0.789 bits per heavy atom. The summed E-state index contributed by atoms with van der Waals surface area (Å²) in [4.78, 5) is 12.1. The molecule has 0 saturated heterocycles. The zero-order valence-electron chi connectivity index (χ0n) is 41.4. The number of fused-ring (bicyclic) bond motifs is 3. The maximum Gasteiger partial charge on any atom is 1.00 e. The molecule has 3 unspecified atom stereocenters. The number of rotatable bonds is 14. The van der Waals surface area contributed by atoms with Crippen LogP contribution in [0, 0.1) is 22.7 Å². The minimum Gasteiger partial charge on any atom is -0.748 e. The van der Waals surface area contributed by atoms with Crippen LogP contribution in [0.2, 0.25) is 0 Å². The molecule has 4 aliphatic carbocycles. The van der Waals surface area contributed by atoms with Crippen LogP contribution >= 0.6 is 0 Å². The first-order valence-electron chi connectivity index (χ1n) is 21.9. The van der Waals surface area contributed by atoms with Gasteiger partial charge in [-0.3, -0.25) is 4.79 Å². The average molecular weight is 1080 g/mol. The van der Waals surface area contributed by atoms with Crippen molar-refractivity contribution in [3.8, 4) is 5.75 Å². The second kappa shape index (κ2) is 20.3. The van der Waals surface area contributed by atoms with Crippen LogP contribution in [0.15, 0.2) is 105 Å². The van der Waals surface area contributed by atoms with Crippen LogP contribution in [0.1, 0.15) is 84.4 Å². The molecule has 71 heavy (non-hydrogen) atoms. The van der Waals surface area contributed by atoms with E-state index >= 15 is 0 Å². The molecule has 2 heterocycles. The summed E-state index contributed by atoms with van der Waals surface area (Å²) in [5, 5.41) is 9.33. The number of carboxylic acids is 1. The van der Waals surface area contributed by atoms with E-state index < -0.39 is 95.3 Å². The number of hydrogen-bond donors (Lipinski definition) is 1. The molecule has 1 saturated carbocycles. The van der Waals surface area contributed by atoms with Crippen molar-refractivity contribution in [1.82, 2.24) is 0 Å². The van der Waals surface area contributed by atoms with Gasteiger partial charge in [-0.1, -0.05) is 52.8 Å². The molecule has 0 aromatic heterocycles. The van der Waals surface area contributed by atoms with E-state index in [2.05, 4.69) is 26.8 Å². The first-order chi connectivity index (χ1) is 31.2. The summed E-state index contributed by atoms with van der Waals surface area (Å²) >= 11 is 0. The van der Waals surface area contributed by atoms with E-state index in [0.717, 1.165) is 23.3 Å². The van der Waals surface area contributed by atoms with Crippen molar-refractivity contribution >= 4 is 63.5 Å². The molecular weight excluding hydrogens is 1030 g/mol. The Bertz CT molecular complexity index is 3310. The van der Waals surface area contributed by atoms with Crippen molar-refractivity contribution < 1.29 is 160 Å². The first-order valence-corrected chi connectivity index (χ1v) is 27.8. The van der Waals surface area contributed by atoms with E-state index in [1.54, 1.807) is 33.7 Å². The zero-order chi connectivity index (χ0) is 50.1. The summed E-state index contributed by atoms with van der Waals surface area (Å²) in [7, 11) is -19.4. The molecule has 6 aliphatic rings. The summed E-state index contributed by atoms with van der Waals surface area (Å²) < 4.78 is 156. The van der Waals surface area contributed by atoms with Crippen molar-refractivity contribution in [2.75, 3.05) is 29.5 Å². The van der Waals surface area contributed by atoms with Crippen molar-refractivity contribution in [2.45, 2.75) is 94.8 Å². The Morgan fingerprint density at radius 3 is 1.89 bits per heavy atom. The topological polar surface area (TPSA) is 282 Å². The molecule has 2 bridgehead atoms. The number of carboxylic acid groups (broad SMARTS) is 1. The van der Waals surface area contributed by atoms with Gasteiger partial charge in [0, 0.05) is 52.5 Å². The number of anilines is 1. The molecule has 0 amide bonds. The van der Waals surface area contributed by atoms with Gasteiger partial charge in [-0.05, 0) is 110 Å². The van der Waals surface area contributed by atoms with Gasteiger partial charge in [-0.25, -0.2) is 33.7 Å². The Kier molecular flexibility index (Phi) is 17.2. The third-order valence-corrected chi connectivity index (χ3v) is 17.4. The molecule has 17 nitrogen and oxygen atoms in total. The zero-order valence-corrected chi connectivity index (χ0v) is 50.6. The fourth-order valence-corrected chi connectivity index (χ4v) is 13.0. The minimum absolute atomic E-state index is 0. The van der Waals surface area contributed by atoms with Crippen LogP contribution in [-0.2, 0) is 62.5 Å². The van der Waals surface area contributed by atoms with E-state index in [1.807, 2.05) is 27.7 Å². The quantitative estimate of drug-likeness (QED) is 0.0927. The summed E-state index contributed by atoms with van der Waals surface area (Å²) in [6.45, 7) is 12.9. The Balaban J connectivity index is 0.00000312. The van der Waals surface area contributed by atoms with Crippen LogP contribution < -0.4 is 98.3 Å². The van der Waals surface area contributed by atoms with Gasteiger partial charge in [0.2, 0.25) is 5.69 Å². The van der Waals surface area contributed by atoms with Gasteiger partial charge < -0.3 is 33.0 Å². The number of ether oxygens (including phenoxy) is 1. The Labute approximate surface area is 482 Å². The van der Waals surface area contributed by atoms with E-state index in [1.165, 1.54) is 24.3 Å². The van der Waals surface area contributed by atoms with Crippen molar-refractivity contribution in [3.63, 3.8) is 0 Å². The van der Waals surface area contributed by atoms with Gasteiger partial charge in [0.15, 0.2) is 12.3 Å². The van der Waals surface area contributed by atoms with Gasteiger partial charge in [-0.2, -0.15) is 4.58 Å². The minimum atomic E-state index is -4.94. The number of carbonyl (C=O) groups is 1. The molecule has 1 fully saturated rings. The monoisotopic (exact) mass is 1080 g/mol. The number of aryl methyl sites for hydroxylation is 1. The van der Waals surface area contributed by atoms with Crippen LogP contribution in [0.25, 0.3) is 0 Å². The predicted octanol–water partition coefficient (Wildman–Crippen LogP) is -3.61. The molecule has 24 heteroatoms. The van der Waals surface area contributed by atoms with Crippen molar-refractivity contribution in [3.05, 3.63) is 112 Å². The van der Waals surface area contributed by atoms with E-state index in [0.29, 0.717) is 69.4 Å². The van der Waals surface area contributed by atoms with Gasteiger partial charge in [0.05, 0.1) is 42.2 Å². The summed E-state index contributed by atoms with van der Waals surface area (Å²) in [5.41, 5.74) is 2.06. The van der Waals surface area contributed by atoms with E-state index in [-0.39, 0.29) is 121 Å². The molecule has 9 rings (SSSR count). The number of benzene rings is 3. The molecule has 3 aromatic rings. The fraction of sp³-hybridized carbons (Fsp3) is 0.447. The number of nitrogens with zero attached hydrogens (tertiary/aromatic N) is 2. The molecule has 3 aromatic carbocycles. The maximum atomic E-state index is 12.4. The van der Waals surface area contributed by atoms with Crippen LogP contribution in [0.3, 0.4) is 0 Å². The van der Waals surface area contributed by atoms with Gasteiger partial charge >= 0.3 is 94.6 Å². The Hall–Kier alpha value is -1.74. The largest absolute Gasteiger partial charge is 1.00 e. The summed E-state index contributed by atoms with van der Waals surface area (Å²) in [5.74, 6) is -2.26. The third kappa shape index (κ3) is 11.4. The van der Waals surface area contributed by atoms with Gasteiger partial charge in [0.25, 0.3) is 0 Å². The summed E-state index contributed by atoms with van der Waals surface area (Å²) in [6.07, 6.45) is 3.00. The van der Waals surface area contributed by atoms with E-state index in [9.17, 15) is 61.8 Å². The average Bonchev–Trinajstić information content (AvgIpc) is 3.80. The normalized spacial score (nSPS) is 23.1.